The Morgan fingerprint density at radius 2 is 0.673 bits per heavy atom. The molecule has 0 atom stereocenters. The Morgan fingerprint density at radius 1 is 0.365 bits per heavy atom. The summed E-state index contributed by atoms with van der Waals surface area (Å²) in [4.78, 5) is 18.3. The Balaban J connectivity index is 1.56. The quantitative estimate of drug-likeness (QED) is 0.184. The topological polar surface area (TPSA) is 57.4 Å². The second kappa shape index (κ2) is 12.8. The van der Waals surface area contributed by atoms with Gasteiger partial charge in [0.25, 0.3) is 0 Å². The summed E-state index contributed by atoms with van der Waals surface area (Å²) in [6.45, 7) is 0. The zero-order chi connectivity index (χ0) is 35.0. The van der Waals surface area contributed by atoms with Crippen LogP contribution >= 0.6 is 0 Å². The molecule has 0 saturated carbocycles. The van der Waals surface area contributed by atoms with Crippen molar-refractivity contribution in [3.8, 4) is 69.2 Å². The van der Waals surface area contributed by atoms with Crippen LogP contribution < -0.4 is 0 Å². The molecular formula is C48H30N4. The molecule has 0 unspecified atom stereocenters. The number of hydrogen-bond acceptors (Lipinski definition) is 2. The van der Waals surface area contributed by atoms with Crippen molar-refractivity contribution in [2.75, 3.05) is 0 Å². The number of nitrogens with one attached hydrogen (secondary N) is 2. The number of benzene rings is 4. The number of terminal acetylenes is 2. The molecule has 242 valence electrons. The summed E-state index contributed by atoms with van der Waals surface area (Å²) in [5, 5.41) is 0. The molecule has 3 aromatic heterocycles. The Morgan fingerprint density at radius 3 is 1.00 bits per heavy atom. The van der Waals surface area contributed by atoms with Gasteiger partial charge in [-0.2, -0.15) is 0 Å². The number of fused-ring (bicyclic) bond motifs is 8. The second-order valence-electron chi connectivity index (χ2n) is 12.6. The van der Waals surface area contributed by atoms with Gasteiger partial charge in [0.05, 0.1) is 44.9 Å². The van der Waals surface area contributed by atoms with Crippen LogP contribution in [0.15, 0.2) is 133 Å². The van der Waals surface area contributed by atoms with Crippen molar-refractivity contribution < 1.29 is 0 Å². The molecule has 2 aliphatic heterocycles. The van der Waals surface area contributed by atoms with E-state index in [2.05, 4.69) is 131 Å². The van der Waals surface area contributed by atoms with E-state index in [0.29, 0.717) is 11.1 Å². The van der Waals surface area contributed by atoms with Gasteiger partial charge >= 0.3 is 0 Å². The highest BCUT2D eigenvalue weighted by Crippen LogP contribution is 2.40. The lowest BCUT2D eigenvalue weighted by Crippen LogP contribution is -1.90. The van der Waals surface area contributed by atoms with Gasteiger partial charge in [-0.25, -0.2) is 9.97 Å². The average molecular weight is 663 g/mol. The molecule has 52 heavy (non-hydrogen) atoms. The number of rotatable bonds is 4. The first-order valence-corrected chi connectivity index (χ1v) is 17.1. The van der Waals surface area contributed by atoms with Crippen molar-refractivity contribution >= 4 is 46.4 Å². The molecule has 9 rings (SSSR count). The SMILES string of the molecule is C#Cc1c(C#C)c2[nH]c1c(-c1ccccc1)c1nc(c(-c3ccccc3)c3ccc([nH]3)c(-c3ccccc3)c3nc(c2-c2ccccc2)C=C3)C=C1. The third kappa shape index (κ3) is 5.15. The molecule has 8 bridgehead atoms. The van der Waals surface area contributed by atoms with Gasteiger partial charge in [-0.15, -0.1) is 12.8 Å². The summed E-state index contributed by atoms with van der Waals surface area (Å²) in [7, 11) is 0. The highest BCUT2D eigenvalue weighted by molar-refractivity contribution is 6.03. The first kappa shape index (κ1) is 30.6. The van der Waals surface area contributed by atoms with Gasteiger partial charge in [0.1, 0.15) is 0 Å². The lowest BCUT2D eigenvalue weighted by Gasteiger charge is -2.07. The fourth-order valence-electron chi connectivity index (χ4n) is 7.27. The molecule has 5 heterocycles. The number of hydrogen-bond donors (Lipinski definition) is 2. The van der Waals surface area contributed by atoms with E-state index < -0.39 is 0 Å². The number of H-pyrrole nitrogens is 2. The largest absolute Gasteiger partial charge is 0.354 e. The van der Waals surface area contributed by atoms with E-state index in [4.69, 9.17) is 22.8 Å². The standard InChI is InChI=1S/C48H30N4/c1-3-35-36(4-2)48-46(34-23-15-8-16-24-34)42-30-28-40(51-42)44(32-19-11-6-12-20-32)38-26-25-37(49-38)43(31-17-9-5-10-18-31)39-27-29-41(50-39)45(47(35)52-48)33-21-13-7-14-22-33/h1-2,5-30,49,52H. The molecule has 7 aromatic rings. The molecule has 4 aromatic carbocycles. The third-order valence-electron chi connectivity index (χ3n) is 9.57. The van der Waals surface area contributed by atoms with Crippen molar-refractivity contribution in [3.05, 3.63) is 167 Å². The summed E-state index contributed by atoms with van der Waals surface area (Å²) in [5.41, 5.74) is 15.4. The van der Waals surface area contributed by atoms with Crippen LogP contribution in [-0.2, 0) is 0 Å². The van der Waals surface area contributed by atoms with Gasteiger partial charge in [0, 0.05) is 33.3 Å². The lowest BCUT2D eigenvalue weighted by atomic mass is 9.99. The van der Waals surface area contributed by atoms with Crippen molar-refractivity contribution in [2.24, 2.45) is 0 Å². The summed E-state index contributed by atoms with van der Waals surface area (Å²) >= 11 is 0. The first-order chi connectivity index (χ1) is 25.7. The van der Waals surface area contributed by atoms with E-state index in [0.717, 1.165) is 89.4 Å². The van der Waals surface area contributed by atoms with E-state index in [1.54, 1.807) is 0 Å². The zero-order valence-corrected chi connectivity index (χ0v) is 28.1. The number of aromatic nitrogens is 4. The highest BCUT2D eigenvalue weighted by Gasteiger charge is 2.22. The monoisotopic (exact) mass is 662 g/mol. The van der Waals surface area contributed by atoms with Crippen LogP contribution in [0, 0.1) is 24.7 Å². The van der Waals surface area contributed by atoms with E-state index in [1.807, 2.05) is 48.5 Å². The van der Waals surface area contributed by atoms with Crippen molar-refractivity contribution in [1.82, 2.24) is 19.9 Å². The Hall–Kier alpha value is -7.40. The smallest absolute Gasteiger partial charge is 0.0737 e. The fraction of sp³-hybridized carbons (Fsp3) is 0. The molecule has 2 aliphatic rings. The van der Waals surface area contributed by atoms with Gasteiger partial charge in [-0.05, 0) is 58.7 Å². The minimum absolute atomic E-state index is 0.600. The van der Waals surface area contributed by atoms with Gasteiger partial charge in [-0.3, -0.25) is 0 Å². The van der Waals surface area contributed by atoms with Crippen LogP contribution in [0.4, 0.5) is 0 Å². The fourth-order valence-corrected chi connectivity index (χ4v) is 7.27. The van der Waals surface area contributed by atoms with Crippen molar-refractivity contribution in [3.63, 3.8) is 0 Å². The van der Waals surface area contributed by atoms with E-state index in [9.17, 15) is 0 Å². The maximum absolute atomic E-state index is 6.37. The van der Waals surface area contributed by atoms with Gasteiger partial charge in [-0.1, -0.05) is 133 Å². The normalized spacial score (nSPS) is 11.7. The molecule has 4 nitrogen and oxygen atoms in total. The zero-order valence-electron chi connectivity index (χ0n) is 28.1. The minimum Gasteiger partial charge on any atom is -0.354 e. The number of aromatic amines is 2. The first-order valence-electron chi connectivity index (χ1n) is 17.1. The third-order valence-corrected chi connectivity index (χ3v) is 9.57. The molecular weight excluding hydrogens is 633 g/mol. The van der Waals surface area contributed by atoms with E-state index >= 15 is 0 Å². The second-order valence-corrected chi connectivity index (χ2v) is 12.6. The van der Waals surface area contributed by atoms with Crippen molar-refractivity contribution in [2.45, 2.75) is 0 Å². The lowest BCUT2D eigenvalue weighted by molar-refractivity contribution is 1.31. The Labute approximate surface area is 301 Å². The summed E-state index contributed by atoms with van der Waals surface area (Å²) in [5.74, 6) is 5.93. The summed E-state index contributed by atoms with van der Waals surface area (Å²) < 4.78 is 0. The molecule has 0 saturated heterocycles. The molecule has 2 N–H and O–H groups in total. The number of nitrogens with zero attached hydrogens (tertiary/aromatic N) is 2. The molecule has 0 radical (unpaired) electrons. The maximum atomic E-state index is 6.37. The van der Waals surface area contributed by atoms with Crippen LogP contribution in [-0.4, -0.2) is 19.9 Å². The minimum atomic E-state index is 0.600. The Bertz CT molecular complexity index is 2630. The van der Waals surface area contributed by atoms with Crippen LogP contribution in [0.2, 0.25) is 0 Å². The van der Waals surface area contributed by atoms with Crippen LogP contribution in [0.3, 0.4) is 0 Å². The average Bonchev–Trinajstić information content (AvgIpc) is 4.03. The predicted octanol–water partition coefficient (Wildman–Crippen LogP) is 11.3. The van der Waals surface area contributed by atoms with E-state index in [-0.39, 0.29) is 0 Å². The van der Waals surface area contributed by atoms with Gasteiger partial charge in [0.15, 0.2) is 0 Å². The molecule has 4 heteroatoms. The van der Waals surface area contributed by atoms with Crippen LogP contribution in [0.1, 0.15) is 33.9 Å². The maximum Gasteiger partial charge on any atom is 0.0737 e. The van der Waals surface area contributed by atoms with Crippen LogP contribution in [0.5, 0.6) is 0 Å². The molecule has 0 fully saturated rings. The highest BCUT2D eigenvalue weighted by atomic mass is 14.8. The Kier molecular flexibility index (Phi) is 7.55. The van der Waals surface area contributed by atoms with Crippen molar-refractivity contribution in [1.29, 1.82) is 0 Å². The molecule has 0 spiro atoms. The summed E-state index contributed by atoms with van der Waals surface area (Å²) in [6, 6.07) is 45.4. The molecule has 0 amide bonds. The van der Waals surface area contributed by atoms with E-state index in [1.165, 1.54) is 0 Å². The predicted molar refractivity (Wildman–Crippen MR) is 216 cm³/mol. The van der Waals surface area contributed by atoms with Gasteiger partial charge in [0.2, 0.25) is 0 Å². The van der Waals surface area contributed by atoms with Gasteiger partial charge < -0.3 is 9.97 Å². The molecule has 0 aliphatic carbocycles. The van der Waals surface area contributed by atoms with Crippen LogP contribution in [0.25, 0.3) is 90.9 Å². The summed E-state index contributed by atoms with van der Waals surface area (Å²) in [6.07, 6.45) is 21.0.